The Morgan fingerprint density at radius 2 is 2.11 bits per heavy atom. The van der Waals surface area contributed by atoms with E-state index in [1.54, 1.807) is 7.11 Å². The van der Waals surface area contributed by atoms with Crippen LogP contribution >= 0.6 is 0 Å². The Labute approximate surface area is 107 Å². The molecule has 0 unspecified atom stereocenters. The largest absolute Gasteiger partial charge is 0.407 e. The quantitative estimate of drug-likeness (QED) is 0.564. The van der Waals surface area contributed by atoms with Crippen LogP contribution in [0.25, 0.3) is 0 Å². The van der Waals surface area contributed by atoms with Crippen LogP contribution in [0.4, 0.5) is 6.01 Å². The molecule has 0 bridgehead atoms. The van der Waals surface area contributed by atoms with Crippen molar-refractivity contribution >= 4 is 6.01 Å². The van der Waals surface area contributed by atoms with Crippen molar-refractivity contribution in [3.05, 3.63) is 5.89 Å². The lowest BCUT2D eigenvalue weighted by molar-refractivity contribution is 0.147. The third kappa shape index (κ3) is 6.53. The highest BCUT2D eigenvalue weighted by Gasteiger charge is 2.04. The molecule has 7 heteroatoms. The van der Waals surface area contributed by atoms with Crippen molar-refractivity contribution in [3.63, 3.8) is 0 Å². The zero-order chi connectivity index (χ0) is 13.1. The van der Waals surface area contributed by atoms with Crippen molar-refractivity contribution in [2.24, 2.45) is 0 Å². The van der Waals surface area contributed by atoms with E-state index in [1.165, 1.54) is 0 Å². The summed E-state index contributed by atoms with van der Waals surface area (Å²) in [7, 11) is 1.67. The van der Waals surface area contributed by atoms with Crippen LogP contribution in [0.5, 0.6) is 0 Å². The van der Waals surface area contributed by atoms with Gasteiger partial charge >= 0.3 is 6.01 Å². The van der Waals surface area contributed by atoms with E-state index >= 15 is 0 Å². The van der Waals surface area contributed by atoms with Gasteiger partial charge in [-0.05, 0) is 13.3 Å². The number of methoxy groups -OCH3 is 1. The predicted molar refractivity (Wildman–Crippen MR) is 67.5 cm³/mol. The number of ether oxygens (including phenoxy) is 2. The smallest absolute Gasteiger partial charge is 0.315 e. The van der Waals surface area contributed by atoms with Crippen molar-refractivity contribution < 1.29 is 13.9 Å². The van der Waals surface area contributed by atoms with Crippen molar-refractivity contribution in [1.29, 1.82) is 0 Å². The molecule has 0 saturated carbocycles. The molecule has 0 atom stereocenters. The Morgan fingerprint density at radius 3 is 2.89 bits per heavy atom. The Hall–Kier alpha value is -1.18. The first-order valence-corrected chi connectivity index (χ1v) is 6.20. The molecule has 0 aliphatic heterocycles. The third-order valence-corrected chi connectivity index (χ3v) is 2.17. The summed E-state index contributed by atoms with van der Waals surface area (Å²) in [6, 6.07) is 0.454. The maximum atomic E-state index is 5.39. The summed E-state index contributed by atoms with van der Waals surface area (Å²) < 4.78 is 15.5. The van der Waals surface area contributed by atoms with Gasteiger partial charge in [-0.25, -0.2) is 0 Å². The number of aromatic nitrogens is 2. The van der Waals surface area contributed by atoms with Gasteiger partial charge in [-0.3, -0.25) is 0 Å². The van der Waals surface area contributed by atoms with Crippen LogP contribution in [0, 0.1) is 0 Å². The van der Waals surface area contributed by atoms with E-state index in [4.69, 9.17) is 13.9 Å². The van der Waals surface area contributed by atoms with Crippen molar-refractivity contribution in [1.82, 2.24) is 15.5 Å². The number of nitrogens with one attached hydrogen (secondary N) is 2. The fraction of sp³-hybridized carbons (Fsp3) is 0.818. The highest BCUT2D eigenvalue weighted by molar-refractivity contribution is 5.16. The molecular weight excluding hydrogens is 236 g/mol. The maximum Gasteiger partial charge on any atom is 0.315 e. The summed E-state index contributed by atoms with van der Waals surface area (Å²) in [6.45, 7) is 6.21. The highest BCUT2D eigenvalue weighted by atomic mass is 16.5. The van der Waals surface area contributed by atoms with Crippen LogP contribution < -0.4 is 10.6 Å². The number of rotatable bonds is 11. The molecular formula is C11H22N4O3. The number of anilines is 1. The molecule has 1 heterocycles. The molecule has 0 radical (unpaired) electrons. The standard InChI is InChI=1S/C11H22N4O3/c1-3-17-7-4-5-13-11-15-14-10(18-11)9-12-6-8-16-2/h12H,3-9H2,1-2H3,(H,13,15). The fourth-order valence-corrected chi connectivity index (χ4v) is 1.28. The zero-order valence-corrected chi connectivity index (χ0v) is 11.1. The van der Waals surface area contributed by atoms with Gasteiger partial charge in [-0.15, -0.1) is 5.10 Å². The fourth-order valence-electron chi connectivity index (χ4n) is 1.28. The molecule has 0 aliphatic carbocycles. The second-order valence-electron chi connectivity index (χ2n) is 3.65. The minimum absolute atomic E-state index is 0.454. The zero-order valence-electron chi connectivity index (χ0n) is 11.1. The summed E-state index contributed by atoms with van der Waals surface area (Å²) in [4.78, 5) is 0. The normalized spacial score (nSPS) is 10.8. The van der Waals surface area contributed by atoms with Crippen molar-refractivity contribution in [2.75, 3.05) is 45.3 Å². The minimum Gasteiger partial charge on any atom is -0.407 e. The Kier molecular flexibility index (Phi) is 8.11. The van der Waals surface area contributed by atoms with E-state index < -0.39 is 0 Å². The number of nitrogens with zero attached hydrogens (tertiary/aromatic N) is 2. The lowest BCUT2D eigenvalue weighted by Crippen LogP contribution is -2.18. The van der Waals surface area contributed by atoms with Crippen molar-refractivity contribution in [3.8, 4) is 0 Å². The SMILES string of the molecule is CCOCCCNc1nnc(CNCCOC)o1. The Morgan fingerprint density at radius 1 is 1.22 bits per heavy atom. The molecule has 0 saturated heterocycles. The summed E-state index contributed by atoms with van der Waals surface area (Å²) in [5, 5.41) is 14.0. The molecule has 1 rings (SSSR count). The van der Waals surface area contributed by atoms with Crippen LogP contribution in [0.3, 0.4) is 0 Å². The van der Waals surface area contributed by atoms with E-state index in [1.807, 2.05) is 6.92 Å². The van der Waals surface area contributed by atoms with Gasteiger partial charge in [0, 0.05) is 33.4 Å². The van der Waals surface area contributed by atoms with Crippen LogP contribution in [0.15, 0.2) is 4.42 Å². The summed E-state index contributed by atoms with van der Waals surface area (Å²) in [5.41, 5.74) is 0. The Bertz CT molecular complexity index is 306. The second kappa shape index (κ2) is 9.81. The van der Waals surface area contributed by atoms with Crippen LogP contribution in [0.2, 0.25) is 0 Å². The van der Waals surface area contributed by atoms with Gasteiger partial charge in [-0.1, -0.05) is 5.10 Å². The molecule has 0 aliphatic rings. The first kappa shape index (κ1) is 14.9. The first-order valence-electron chi connectivity index (χ1n) is 6.20. The minimum atomic E-state index is 0.454. The lowest BCUT2D eigenvalue weighted by atomic mass is 10.4. The van der Waals surface area contributed by atoms with Crippen LogP contribution in [0.1, 0.15) is 19.2 Å². The van der Waals surface area contributed by atoms with E-state index in [0.29, 0.717) is 25.1 Å². The summed E-state index contributed by atoms with van der Waals surface area (Å²) >= 11 is 0. The molecule has 104 valence electrons. The van der Waals surface area contributed by atoms with Gasteiger partial charge < -0.3 is 24.5 Å². The van der Waals surface area contributed by atoms with Gasteiger partial charge in [0.2, 0.25) is 5.89 Å². The molecule has 0 amide bonds. The summed E-state index contributed by atoms with van der Waals surface area (Å²) in [5.74, 6) is 0.568. The van der Waals surface area contributed by atoms with Crippen LogP contribution in [-0.4, -0.2) is 50.2 Å². The average Bonchev–Trinajstić information content (AvgIpc) is 2.82. The first-order chi connectivity index (χ1) is 8.86. The lowest BCUT2D eigenvalue weighted by Gasteiger charge is -2.01. The van der Waals surface area contributed by atoms with Gasteiger partial charge in [0.25, 0.3) is 0 Å². The maximum absolute atomic E-state index is 5.39. The second-order valence-corrected chi connectivity index (χ2v) is 3.65. The van der Waals surface area contributed by atoms with Gasteiger partial charge in [0.1, 0.15) is 0 Å². The number of hydrogen-bond donors (Lipinski definition) is 2. The van der Waals surface area contributed by atoms with E-state index in [9.17, 15) is 0 Å². The van der Waals surface area contributed by atoms with E-state index in [-0.39, 0.29) is 0 Å². The monoisotopic (exact) mass is 258 g/mol. The van der Waals surface area contributed by atoms with Gasteiger partial charge in [0.15, 0.2) is 0 Å². The third-order valence-electron chi connectivity index (χ3n) is 2.17. The summed E-state index contributed by atoms with van der Waals surface area (Å²) in [6.07, 6.45) is 0.914. The molecule has 0 fully saturated rings. The molecule has 0 aromatic carbocycles. The molecule has 2 N–H and O–H groups in total. The molecule has 1 aromatic rings. The molecule has 1 aromatic heterocycles. The van der Waals surface area contributed by atoms with Gasteiger partial charge in [0.05, 0.1) is 13.2 Å². The topological polar surface area (TPSA) is 81.4 Å². The molecule has 0 spiro atoms. The average molecular weight is 258 g/mol. The predicted octanol–water partition coefficient (Wildman–Crippen LogP) is 0.644. The van der Waals surface area contributed by atoms with E-state index in [2.05, 4.69) is 20.8 Å². The molecule has 18 heavy (non-hydrogen) atoms. The van der Waals surface area contributed by atoms with E-state index in [0.717, 1.165) is 32.7 Å². The highest BCUT2D eigenvalue weighted by Crippen LogP contribution is 2.04. The van der Waals surface area contributed by atoms with Crippen molar-refractivity contribution in [2.45, 2.75) is 19.9 Å². The van der Waals surface area contributed by atoms with Crippen LogP contribution in [-0.2, 0) is 16.0 Å². The molecule has 7 nitrogen and oxygen atoms in total. The number of hydrogen-bond acceptors (Lipinski definition) is 7. The van der Waals surface area contributed by atoms with Gasteiger partial charge in [-0.2, -0.15) is 0 Å². The Balaban J connectivity index is 2.10.